The molecule has 0 saturated heterocycles. The second-order valence-corrected chi connectivity index (χ2v) is 5.79. The topological polar surface area (TPSA) is 41.1 Å². The third-order valence-electron chi connectivity index (χ3n) is 3.49. The first-order chi connectivity index (χ1) is 10.5. The van der Waals surface area contributed by atoms with Crippen LogP contribution in [-0.2, 0) is 4.79 Å². The Balaban J connectivity index is 2.01. The van der Waals surface area contributed by atoms with E-state index in [4.69, 9.17) is 12.2 Å². The average Bonchev–Trinajstić information content (AvgIpc) is 2.51. The van der Waals surface area contributed by atoms with Crippen LogP contribution in [0.1, 0.15) is 29.7 Å². The molecule has 0 aliphatic carbocycles. The fourth-order valence-electron chi connectivity index (χ4n) is 2.14. The molecule has 4 heteroatoms. The summed E-state index contributed by atoms with van der Waals surface area (Å²) in [6.07, 6.45) is 0. The summed E-state index contributed by atoms with van der Waals surface area (Å²) < 4.78 is 0. The molecule has 0 aromatic heterocycles. The molecule has 114 valence electrons. The van der Waals surface area contributed by atoms with E-state index in [9.17, 15) is 4.79 Å². The number of amides is 1. The Morgan fingerprint density at radius 2 is 1.77 bits per heavy atom. The zero-order valence-corrected chi connectivity index (χ0v) is 13.8. The van der Waals surface area contributed by atoms with Crippen LogP contribution in [0.25, 0.3) is 0 Å². The number of rotatable bonds is 3. The number of aryl methyl sites for hydroxylation is 2. The Morgan fingerprint density at radius 3 is 2.45 bits per heavy atom. The Morgan fingerprint density at radius 1 is 1.09 bits per heavy atom. The minimum atomic E-state index is -0.286. The molecule has 0 heterocycles. The summed E-state index contributed by atoms with van der Waals surface area (Å²) >= 11 is 5.21. The first-order valence-corrected chi connectivity index (χ1v) is 7.62. The lowest BCUT2D eigenvalue weighted by molar-refractivity contribution is -0.110. The Hall–Kier alpha value is -2.20. The Bertz CT molecular complexity index is 683. The number of benzene rings is 2. The Labute approximate surface area is 136 Å². The molecule has 1 atom stereocenters. The highest BCUT2D eigenvalue weighted by Gasteiger charge is 2.14. The van der Waals surface area contributed by atoms with Crippen molar-refractivity contribution in [3.63, 3.8) is 0 Å². The molecule has 2 aromatic carbocycles. The van der Waals surface area contributed by atoms with Gasteiger partial charge in [0, 0.05) is 11.7 Å². The molecule has 3 nitrogen and oxygen atoms in total. The molecule has 1 amide bonds. The highest BCUT2D eigenvalue weighted by atomic mass is 32.1. The lowest BCUT2D eigenvalue weighted by Gasteiger charge is -2.16. The van der Waals surface area contributed by atoms with Crippen molar-refractivity contribution in [2.24, 2.45) is 0 Å². The first kappa shape index (κ1) is 16.2. The van der Waals surface area contributed by atoms with Crippen molar-refractivity contribution in [2.45, 2.75) is 26.8 Å². The SMILES string of the molecule is Cc1ccc(C)c(NC(=O)C(=S)NC(C)c2ccccc2)c1. The van der Waals surface area contributed by atoms with E-state index in [1.807, 2.05) is 69.3 Å². The van der Waals surface area contributed by atoms with Crippen molar-refractivity contribution in [1.29, 1.82) is 0 Å². The second kappa shape index (κ2) is 7.18. The molecule has 0 bridgehead atoms. The molecule has 0 radical (unpaired) electrons. The lowest BCUT2D eigenvalue weighted by Crippen LogP contribution is -2.35. The standard InChI is InChI=1S/C18H20N2OS/c1-12-9-10-13(2)16(11-12)20-17(21)18(22)19-14(3)15-7-5-4-6-8-15/h4-11,14H,1-3H3,(H,19,22)(H,20,21). The summed E-state index contributed by atoms with van der Waals surface area (Å²) in [7, 11) is 0. The largest absolute Gasteiger partial charge is 0.365 e. The van der Waals surface area contributed by atoms with Crippen molar-refractivity contribution in [3.8, 4) is 0 Å². The number of nitrogens with one attached hydrogen (secondary N) is 2. The van der Waals surface area contributed by atoms with Gasteiger partial charge in [0.1, 0.15) is 0 Å². The molecule has 0 aliphatic rings. The van der Waals surface area contributed by atoms with Crippen LogP contribution in [0.5, 0.6) is 0 Å². The van der Waals surface area contributed by atoms with Crippen LogP contribution in [0.15, 0.2) is 48.5 Å². The van der Waals surface area contributed by atoms with Crippen molar-refractivity contribution >= 4 is 28.8 Å². The van der Waals surface area contributed by atoms with Crippen LogP contribution in [0.4, 0.5) is 5.69 Å². The predicted octanol–water partition coefficient (Wildman–Crippen LogP) is 3.92. The molecule has 2 aromatic rings. The summed E-state index contributed by atoms with van der Waals surface area (Å²) in [5.74, 6) is -0.286. The minimum Gasteiger partial charge on any atom is -0.365 e. The first-order valence-electron chi connectivity index (χ1n) is 7.21. The smallest absolute Gasteiger partial charge is 0.283 e. The zero-order valence-electron chi connectivity index (χ0n) is 13.0. The van der Waals surface area contributed by atoms with Crippen LogP contribution >= 0.6 is 12.2 Å². The van der Waals surface area contributed by atoms with Gasteiger partial charge in [-0.15, -0.1) is 0 Å². The van der Waals surface area contributed by atoms with Gasteiger partial charge in [-0.2, -0.15) is 0 Å². The molecule has 1 unspecified atom stereocenters. The van der Waals surface area contributed by atoms with Crippen molar-refractivity contribution in [2.75, 3.05) is 5.32 Å². The van der Waals surface area contributed by atoms with E-state index in [0.717, 1.165) is 22.4 Å². The van der Waals surface area contributed by atoms with Gasteiger partial charge in [0.15, 0.2) is 4.99 Å². The third kappa shape index (κ3) is 4.15. The normalized spacial score (nSPS) is 11.6. The number of carbonyl (C=O) groups is 1. The molecule has 22 heavy (non-hydrogen) atoms. The van der Waals surface area contributed by atoms with E-state index in [1.165, 1.54) is 0 Å². The molecular weight excluding hydrogens is 292 g/mol. The quantitative estimate of drug-likeness (QED) is 0.844. The van der Waals surface area contributed by atoms with Crippen LogP contribution in [0.2, 0.25) is 0 Å². The number of carbonyl (C=O) groups excluding carboxylic acids is 1. The highest BCUT2D eigenvalue weighted by Crippen LogP contribution is 2.16. The van der Waals surface area contributed by atoms with Gasteiger partial charge in [-0.25, -0.2) is 0 Å². The van der Waals surface area contributed by atoms with E-state index >= 15 is 0 Å². The highest BCUT2D eigenvalue weighted by molar-refractivity contribution is 7.82. The van der Waals surface area contributed by atoms with Gasteiger partial charge in [-0.1, -0.05) is 54.7 Å². The number of hydrogen-bond donors (Lipinski definition) is 2. The van der Waals surface area contributed by atoms with Crippen LogP contribution in [-0.4, -0.2) is 10.9 Å². The fourth-order valence-corrected chi connectivity index (χ4v) is 2.36. The van der Waals surface area contributed by atoms with Crippen molar-refractivity contribution in [1.82, 2.24) is 5.32 Å². The zero-order chi connectivity index (χ0) is 16.1. The monoisotopic (exact) mass is 312 g/mol. The molecule has 0 fully saturated rings. The maximum atomic E-state index is 12.2. The van der Waals surface area contributed by atoms with Crippen molar-refractivity contribution < 1.29 is 4.79 Å². The second-order valence-electron chi connectivity index (χ2n) is 5.38. The average molecular weight is 312 g/mol. The van der Waals surface area contributed by atoms with Gasteiger partial charge in [-0.05, 0) is 43.5 Å². The number of hydrogen-bond acceptors (Lipinski definition) is 2. The van der Waals surface area contributed by atoms with Crippen molar-refractivity contribution in [3.05, 3.63) is 65.2 Å². The summed E-state index contributed by atoms with van der Waals surface area (Å²) in [5.41, 5.74) is 3.99. The summed E-state index contributed by atoms with van der Waals surface area (Å²) in [6, 6.07) is 15.8. The third-order valence-corrected chi connectivity index (χ3v) is 3.80. The number of thiocarbonyl (C=S) groups is 1. The summed E-state index contributed by atoms with van der Waals surface area (Å²) in [4.78, 5) is 12.4. The van der Waals surface area contributed by atoms with Gasteiger partial charge in [-0.3, -0.25) is 4.79 Å². The fraction of sp³-hybridized carbons (Fsp3) is 0.222. The molecule has 0 saturated carbocycles. The van der Waals surface area contributed by atoms with E-state index in [2.05, 4.69) is 10.6 Å². The Kier molecular flexibility index (Phi) is 5.28. The van der Waals surface area contributed by atoms with Gasteiger partial charge in [0.25, 0.3) is 5.91 Å². The molecule has 0 aliphatic heterocycles. The predicted molar refractivity (Wildman–Crippen MR) is 95.1 cm³/mol. The minimum absolute atomic E-state index is 0.0157. The van der Waals surface area contributed by atoms with Gasteiger partial charge < -0.3 is 10.6 Å². The van der Waals surface area contributed by atoms with E-state index in [-0.39, 0.29) is 16.9 Å². The molecule has 2 rings (SSSR count). The van der Waals surface area contributed by atoms with Gasteiger partial charge in [0.05, 0.1) is 0 Å². The van der Waals surface area contributed by atoms with Gasteiger partial charge >= 0.3 is 0 Å². The van der Waals surface area contributed by atoms with Crippen LogP contribution in [0.3, 0.4) is 0 Å². The molecule has 2 N–H and O–H groups in total. The maximum Gasteiger partial charge on any atom is 0.283 e. The van der Waals surface area contributed by atoms with Crippen LogP contribution in [0, 0.1) is 13.8 Å². The summed E-state index contributed by atoms with van der Waals surface area (Å²) in [6.45, 7) is 5.92. The van der Waals surface area contributed by atoms with E-state index in [1.54, 1.807) is 0 Å². The van der Waals surface area contributed by atoms with E-state index < -0.39 is 0 Å². The molecule has 0 spiro atoms. The van der Waals surface area contributed by atoms with Gasteiger partial charge in [0.2, 0.25) is 0 Å². The van der Waals surface area contributed by atoms with E-state index in [0.29, 0.717) is 0 Å². The molecular formula is C18H20N2OS. The maximum absolute atomic E-state index is 12.2. The summed E-state index contributed by atoms with van der Waals surface area (Å²) in [5, 5.41) is 5.93. The lowest BCUT2D eigenvalue weighted by atomic mass is 10.1. The number of anilines is 1. The van der Waals surface area contributed by atoms with Crippen LogP contribution < -0.4 is 10.6 Å².